The predicted molar refractivity (Wildman–Crippen MR) is 53.2 cm³/mol. The van der Waals surface area contributed by atoms with E-state index in [1.807, 2.05) is 6.92 Å². The summed E-state index contributed by atoms with van der Waals surface area (Å²) < 4.78 is 0. The van der Waals surface area contributed by atoms with Crippen molar-refractivity contribution < 1.29 is 9.90 Å². The minimum atomic E-state index is -0.652. The van der Waals surface area contributed by atoms with E-state index in [1.165, 1.54) is 0 Å². The average molecular weight is 201 g/mol. The summed E-state index contributed by atoms with van der Waals surface area (Å²) in [5.41, 5.74) is 6.20. The van der Waals surface area contributed by atoms with Gasteiger partial charge in [-0.25, -0.2) is 5.53 Å². The van der Waals surface area contributed by atoms with E-state index in [-0.39, 0.29) is 18.9 Å². The molecule has 14 heavy (non-hydrogen) atoms. The summed E-state index contributed by atoms with van der Waals surface area (Å²) in [5, 5.41) is 15.1. The predicted octanol–water partition coefficient (Wildman–Crippen LogP) is 1.07. The lowest BCUT2D eigenvalue weighted by atomic mass is 10.0. The zero-order valence-electron chi connectivity index (χ0n) is 9.00. The molecule has 82 valence electrons. The van der Waals surface area contributed by atoms with E-state index in [0.29, 0.717) is 6.42 Å². The van der Waals surface area contributed by atoms with E-state index >= 15 is 0 Å². The third kappa shape index (κ3) is 5.64. The second-order valence-electron chi connectivity index (χ2n) is 3.97. The lowest BCUT2D eigenvalue weighted by Gasteiger charge is -2.17. The molecule has 1 unspecified atom stereocenters. The summed E-state index contributed by atoms with van der Waals surface area (Å²) >= 11 is 0. The number of aliphatic hydroxyl groups is 1. The van der Waals surface area contributed by atoms with Gasteiger partial charge in [-0.05, 0) is 20.3 Å². The number of rotatable bonds is 6. The highest BCUT2D eigenvalue weighted by atomic mass is 16.3. The zero-order chi connectivity index (χ0) is 11.2. The molecule has 0 aromatic carbocycles. The number of aliphatic hydroxyl groups excluding tert-OH is 1. The van der Waals surface area contributed by atoms with Crippen LogP contribution in [0.5, 0.6) is 0 Å². The second kappa shape index (κ2) is 5.70. The van der Waals surface area contributed by atoms with Gasteiger partial charge in [-0.1, -0.05) is 6.92 Å². The van der Waals surface area contributed by atoms with Gasteiger partial charge in [-0.3, -0.25) is 4.79 Å². The Kier molecular flexibility index (Phi) is 5.30. The topological polar surface area (TPSA) is 85.5 Å². The standard InChI is InChI=1S/C9H19N3O2/c1-4-7(13)6-11-8(14)5-9(2,3)12-10/h7,10,13H,4-6H2,1-3H3,(H,11,14). The first-order chi connectivity index (χ1) is 6.41. The molecule has 0 aliphatic heterocycles. The molecule has 0 aromatic rings. The van der Waals surface area contributed by atoms with E-state index in [9.17, 15) is 9.90 Å². The molecule has 0 saturated heterocycles. The monoisotopic (exact) mass is 201 g/mol. The van der Waals surface area contributed by atoms with Crippen LogP contribution in [0.1, 0.15) is 33.6 Å². The Morgan fingerprint density at radius 3 is 2.64 bits per heavy atom. The highest BCUT2D eigenvalue weighted by molar-refractivity contribution is 5.77. The maximum atomic E-state index is 11.3. The van der Waals surface area contributed by atoms with Crippen LogP contribution in [-0.4, -0.2) is 29.2 Å². The fraction of sp³-hybridized carbons (Fsp3) is 0.889. The minimum Gasteiger partial charge on any atom is -0.391 e. The quantitative estimate of drug-likeness (QED) is 0.561. The Bertz CT molecular complexity index is 204. The van der Waals surface area contributed by atoms with E-state index < -0.39 is 11.6 Å². The van der Waals surface area contributed by atoms with Crippen LogP contribution in [0, 0.1) is 5.53 Å². The van der Waals surface area contributed by atoms with Gasteiger partial charge in [0.25, 0.3) is 0 Å². The van der Waals surface area contributed by atoms with Crippen molar-refractivity contribution in [2.75, 3.05) is 6.54 Å². The summed E-state index contributed by atoms with van der Waals surface area (Å²) in [6, 6.07) is 0. The van der Waals surface area contributed by atoms with Gasteiger partial charge in [-0.15, -0.1) is 0 Å². The Labute approximate surface area is 84.4 Å². The highest BCUT2D eigenvalue weighted by Gasteiger charge is 2.20. The van der Waals surface area contributed by atoms with Crippen molar-refractivity contribution >= 4 is 5.91 Å². The molecule has 0 radical (unpaired) electrons. The summed E-state index contributed by atoms with van der Waals surface area (Å²) in [4.78, 5) is 11.3. The zero-order valence-corrected chi connectivity index (χ0v) is 9.00. The van der Waals surface area contributed by atoms with Crippen LogP contribution in [0.3, 0.4) is 0 Å². The molecule has 1 amide bonds. The van der Waals surface area contributed by atoms with Crippen molar-refractivity contribution in [1.82, 2.24) is 5.32 Å². The summed E-state index contributed by atoms with van der Waals surface area (Å²) in [7, 11) is 0. The molecule has 0 aromatic heterocycles. The van der Waals surface area contributed by atoms with E-state index in [1.54, 1.807) is 13.8 Å². The largest absolute Gasteiger partial charge is 0.391 e. The smallest absolute Gasteiger partial charge is 0.222 e. The minimum absolute atomic E-state index is 0.174. The molecule has 5 heteroatoms. The number of carbonyl (C=O) groups is 1. The Morgan fingerprint density at radius 1 is 1.64 bits per heavy atom. The third-order valence-electron chi connectivity index (χ3n) is 1.90. The number of nitrogens with one attached hydrogen (secondary N) is 2. The van der Waals surface area contributed by atoms with Crippen molar-refractivity contribution in [2.45, 2.75) is 45.3 Å². The first-order valence-electron chi connectivity index (χ1n) is 4.74. The van der Waals surface area contributed by atoms with Gasteiger partial charge >= 0.3 is 0 Å². The van der Waals surface area contributed by atoms with E-state index in [0.717, 1.165) is 0 Å². The molecule has 0 heterocycles. The van der Waals surface area contributed by atoms with Gasteiger partial charge < -0.3 is 10.4 Å². The lowest BCUT2D eigenvalue weighted by molar-refractivity contribution is -0.122. The van der Waals surface area contributed by atoms with Gasteiger partial charge in [0.15, 0.2) is 0 Å². The normalized spacial score (nSPS) is 13.4. The van der Waals surface area contributed by atoms with Gasteiger partial charge in [0, 0.05) is 6.54 Å². The second-order valence-corrected chi connectivity index (χ2v) is 3.97. The summed E-state index contributed by atoms with van der Waals surface area (Å²) in [6.45, 7) is 5.55. The summed E-state index contributed by atoms with van der Waals surface area (Å²) in [5.74, 6) is -0.182. The van der Waals surface area contributed by atoms with Gasteiger partial charge in [0.05, 0.1) is 18.1 Å². The molecule has 0 fully saturated rings. The molecular formula is C9H19N3O2. The van der Waals surface area contributed by atoms with Gasteiger partial charge in [-0.2, -0.15) is 5.11 Å². The number of hydrogen-bond acceptors (Lipinski definition) is 4. The van der Waals surface area contributed by atoms with Crippen molar-refractivity contribution in [1.29, 1.82) is 5.53 Å². The fourth-order valence-corrected chi connectivity index (χ4v) is 0.871. The van der Waals surface area contributed by atoms with Gasteiger partial charge in [0.1, 0.15) is 0 Å². The number of amides is 1. The molecule has 0 aliphatic rings. The van der Waals surface area contributed by atoms with Crippen molar-refractivity contribution in [3.63, 3.8) is 0 Å². The molecule has 0 spiro atoms. The Morgan fingerprint density at radius 2 is 2.21 bits per heavy atom. The van der Waals surface area contributed by atoms with Crippen LogP contribution in [-0.2, 0) is 4.79 Å². The van der Waals surface area contributed by atoms with Crippen LogP contribution in [0.15, 0.2) is 5.11 Å². The SMILES string of the molecule is CCC(O)CNC(=O)CC(C)(C)N=N. The first-order valence-corrected chi connectivity index (χ1v) is 4.74. The Hall–Kier alpha value is -0.970. The van der Waals surface area contributed by atoms with Crippen LogP contribution in [0.4, 0.5) is 0 Å². The lowest BCUT2D eigenvalue weighted by Crippen LogP contribution is -2.35. The number of hydrogen-bond donors (Lipinski definition) is 3. The summed E-state index contributed by atoms with van der Waals surface area (Å²) in [6.07, 6.45) is 0.300. The van der Waals surface area contributed by atoms with Crippen molar-refractivity contribution in [3.05, 3.63) is 0 Å². The van der Waals surface area contributed by atoms with Crippen molar-refractivity contribution in [3.8, 4) is 0 Å². The molecule has 0 bridgehead atoms. The molecule has 5 nitrogen and oxygen atoms in total. The number of nitrogens with zero attached hydrogens (tertiary/aromatic N) is 1. The molecule has 3 N–H and O–H groups in total. The first kappa shape index (κ1) is 13.0. The maximum Gasteiger partial charge on any atom is 0.222 e. The highest BCUT2D eigenvalue weighted by Crippen LogP contribution is 2.12. The Balaban J connectivity index is 3.82. The molecule has 0 rings (SSSR count). The van der Waals surface area contributed by atoms with Crippen LogP contribution in [0.2, 0.25) is 0 Å². The van der Waals surface area contributed by atoms with Crippen molar-refractivity contribution in [2.24, 2.45) is 5.11 Å². The van der Waals surface area contributed by atoms with E-state index in [4.69, 9.17) is 5.53 Å². The molecule has 0 saturated carbocycles. The maximum absolute atomic E-state index is 11.3. The van der Waals surface area contributed by atoms with Gasteiger partial charge in [0.2, 0.25) is 5.91 Å². The van der Waals surface area contributed by atoms with E-state index in [2.05, 4.69) is 10.4 Å². The molecule has 1 atom stereocenters. The third-order valence-corrected chi connectivity index (χ3v) is 1.90. The fourth-order valence-electron chi connectivity index (χ4n) is 0.871. The molecular weight excluding hydrogens is 182 g/mol. The van der Waals surface area contributed by atoms with Crippen LogP contribution < -0.4 is 5.32 Å². The molecule has 0 aliphatic carbocycles. The van der Waals surface area contributed by atoms with Crippen LogP contribution >= 0.6 is 0 Å². The van der Waals surface area contributed by atoms with Crippen LogP contribution in [0.25, 0.3) is 0 Å². The average Bonchev–Trinajstić information content (AvgIpc) is 2.13. The number of carbonyl (C=O) groups excluding carboxylic acids is 1.